The van der Waals surface area contributed by atoms with Crippen molar-refractivity contribution in [2.45, 2.75) is 13.5 Å². The summed E-state index contributed by atoms with van der Waals surface area (Å²) in [7, 11) is 0. The van der Waals surface area contributed by atoms with Gasteiger partial charge in [0.05, 0.1) is 18.3 Å². The first-order chi connectivity index (χ1) is 10.2. The third-order valence-electron chi connectivity index (χ3n) is 3.08. The summed E-state index contributed by atoms with van der Waals surface area (Å²) < 4.78 is 6.15. The highest BCUT2D eigenvalue weighted by molar-refractivity contribution is 7.11. The second-order valence-electron chi connectivity index (χ2n) is 4.72. The van der Waals surface area contributed by atoms with Gasteiger partial charge in [-0.3, -0.25) is 9.67 Å². The Morgan fingerprint density at radius 1 is 1.33 bits per heavy atom. The average Bonchev–Trinajstić information content (AvgIpc) is 3.06. The molecule has 0 aliphatic carbocycles. The normalized spacial score (nSPS) is 10.7. The van der Waals surface area contributed by atoms with E-state index in [1.54, 1.807) is 12.4 Å². The van der Waals surface area contributed by atoms with Crippen molar-refractivity contribution in [3.8, 4) is 11.1 Å². The van der Waals surface area contributed by atoms with Crippen LogP contribution in [0.2, 0.25) is 0 Å². The van der Waals surface area contributed by atoms with Gasteiger partial charge in [-0.25, -0.2) is 0 Å². The maximum atomic E-state index is 5.98. The number of anilines is 2. The molecule has 108 valence electrons. The van der Waals surface area contributed by atoms with Crippen molar-refractivity contribution < 1.29 is 0 Å². The Kier molecular flexibility index (Phi) is 3.83. The molecule has 7 heteroatoms. The van der Waals surface area contributed by atoms with Crippen LogP contribution in [0, 0.1) is 6.92 Å². The molecule has 3 aromatic rings. The Labute approximate surface area is 126 Å². The summed E-state index contributed by atoms with van der Waals surface area (Å²) in [4.78, 5) is 4.03. The lowest BCUT2D eigenvalue weighted by atomic mass is 10.1. The molecule has 0 unspecified atom stereocenters. The van der Waals surface area contributed by atoms with Crippen molar-refractivity contribution >= 4 is 22.4 Å². The van der Waals surface area contributed by atoms with Crippen LogP contribution < -0.4 is 11.1 Å². The topological polar surface area (TPSA) is 81.7 Å². The van der Waals surface area contributed by atoms with Crippen LogP contribution in [0.3, 0.4) is 0 Å². The van der Waals surface area contributed by atoms with Gasteiger partial charge < -0.3 is 11.1 Å². The standard InChI is InChI=1S/C14H16N6S/c1-10-8-18-20(9-10)7-6-17-14-12(13(15)19-21-14)11-2-4-16-5-3-11/h2-5,8-9,17H,6-7H2,1H3,(H2,15,19). The highest BCUT2D eigenvalue weighted by Gasteiger charge is 2.13. The maximum absolute atomic E-state index is 5.98. The fraction of sp³-hybridized carbons (Fsp3) is 0.214. The number of nitrogens with zero attached hydrogens (tertiary/aromatic N) is 4. The summed E-state index contributed by atoms with van der Waals surface area (Å²) in [5.41, 5.74) is 9.11. The third kappa shape index (κ3) is 3.03. The molecule has 0 saturated heterocycles. The zero-order chi connectivity index (χ0) is 14.7. The van der Waals surface area contributed by atoms with Crippen LogP contribution in [0.15, 0.2) is 36.9 Å². The Hall–Kier alpha value is -2.41. The number of nitrogens with one attached hydrogen (secondary N) is 1. The number of hydrogen-bond acceptors (Lipinski definition) is 6. The zero-order valence-corrected chi connectivity index (χ0v) is 12.5. The molecule has 3 N–H and O–H groups in total. The minimum atomic E-state index is 0.545. The van der Waals surface area contributed by atoms with Gasteiger partial charge in [-0.15, -0.1) is 0 Å². The number of nitrogen functional groups attached to an aromatic ring is 1. The van der Waals surface area contributed by atoms with Gasteiger partial charge in [0.25, 0.3) is 0 Å². The van der Waals surface area contributed by atoms with E-state index >= 15 is 0 Å². The van der Waals surface area contributed by atoms with Crippen LogP contribution in [0.1, 0.15) is 5.56 Å². The van der Waals surface area contributed by atoms with Crippen molar-refractivity contribution in [3.63, 3.8) is 0 Å². The highest BCUT2D eigenvalue weighted by Crippen LogP contribution is 2.36. The van der Waals surface area contributed by atoms with E-state index in [4.69, 9.17) is 5.73 Å². The summed E-state index contributed by atoms with van der Waals surface area (Å²) in [6.07, 6.45) is 7.38. The molecule has 21 heavy (non-hydrogen) atoms. The van der Waals surface area contributed by atoms with E-state index in [9.17, 15) is 0 Å². The molecule has 3 heterocycles. The van der Waals surface area contributed by atoms with Crippen molar-refractivity contribution in [2.24, 2.45) is 0 Å². The molecule has 0 atom stereocenters. The summed E-state index contributed by atoms with van der Waals surface area (Å²) in [6.45, 7) is 3.59. The van der Waals surface area contributed by atoms with Crippen molar-refractivity contribution in [2.75, 3.05) is 17.6 Å². The minimum Gasteiger partial charge on any atom is -0.382 e. The van der Waals surface area contributed by atoms with E-state index in [1.165, 1.54) is 11.5 Å². The Balaban J connectivity index is 1.72. The van der Waals surface area contributed by atoms with Crippen LogP contribution in [-0.4, -0.2) is 25.7 Å². The quantitative estimate of drug-likeness (QED) is 0.756. The Morgan fingerprint density at radius 3 is 2.86 bits per heavy atom. The Morgan fingerprint density at radius 2 is 2.14 bits per heavy atom. The van der Waals surface area contributed by atoms with Crippen LogP contribution in [0.25, 0.3) is 11.1 Å². The minimum absolute atomic E-state index is 0.545. The van der Waals surface area contributed by atoms with E-state index in [0.717, 1.165) is 34.8 Å². The molecule has 6 nitrogen and oxygen atoms in total. The first kappa shape index (κ1) is 13.6. The molecule has 0 aliphatic rings. The van der Waals surface area contributed by atoms with E-state index < -0.39 is 0 Å². The summed E-state index contributed by atoms with van der Waals surface area (Å²) in [6, 6.07) is 3.87. The van der Waals surface area contributed by atoms with Gasteiger partial charge in [-0.2, -0.15) is 9.47 Å². The maximum Gasteiger partial charge on any atom is 0.147 e. The van der Waals surface area contributed by atoms with Gasteiger partial charge in [-0.05, 0) is 41.7 Å². The number of aromatic nitrogens is 4. The number of nitrogens with two attached hydrogens (primary N) is 1. The third-order valence-corrected chi connectivity index (χ3v) is 3.90. The van der Waals surface area contributed by atoms with Gasteiger partial charge in [0.1, 0.15) is 10.8 Å². The lowest BCUT2D eigenvalue weighted by molar-refractivity contribution is 0.638. The molecule has 0 aliphatic heterocycles. The molecular formula is C14H16N6S. The van der Waals surface area contributed by atoms with Crippen LogP contribution in [0.5, 0.6) is 0 Å². The lowest BCUT2D eigenvalue weighted by Crippen LogP contribution is -2.10. The van der Waals surface area contributed by atoms with E-state index in [2.05, 4.69) is 19.8 Å². The second-order valence-corrected chi connectivity index (χ2v) is 5.49. The molecule has 0 bridgehead atoms. The van der Waals surface area contributed by atoms with E-state index in [1.807, 2.05) is 36.1 Å². The van der Waals surface area contributed by atoms with Crippen LogP contribution >= 0.6 is 11.5 Å². The SMILES string of the molecule is Cc1cnn(CCNc2snc(N)c2-c2ccncc2)c1. The zero-order valence-electron chi connectivity index (χ0n) is 11.7. The second kappa shape index (κ2) is 5.92. The number of hydrogen-bond donors (Lipinski definition) is 2. The van der Waals surface area contributed by atoms with Crippen molar-refractivity contribution in [1.29, 1.82) is 0 Å². The number of pyridine rings is 1. The molecular weight excluding hydrogens is 284 g/mol. The monoisotopic (exact) mass is 300 g/mol. The largest absolute Gasteiger partial charge is 0.382 e. The summed E-state index contributed by atoms with van der Waals surface area (Å²) in [5.74, 6) is 0.545. The lowest BCUT2D eigenvalue weighted by Gasteiger charge is -2.07. The van der Waals surface area contributed by atoms with Crippen molar-refractivity contribution in [1.82, 2.24) is 19.1 Å². The fourth-order valence-corrected chi connectivity index (χ4v) is 2.86. The van der Waals surface area contributed by atoms with Gasteiger partial charge in [0.15, 0.2) is 0 Å². The smallest absolute Gasteiger partial charge is 0.147 e. The van der Waals surface area contributed by atoms with Gasteiger partial charge in [0.2, 0.25) is 0 Å². The molecule has 0 amide bonds. The predicted molar refractivity (Wildman–Crippen MR) is 85.2 cm³/mol. The van der Waals surface area contributed by atoms with E-state index in [-0.39, 0.29) is 0 Å². The van der Waals surface area contributed by atoms with E-state index in [0.29, 0.717) is 5.82 Å². The van der Waals surface area contributed by atoms with Gasteiger partial charge >= 0.3 is 0 Å². The number of aryl methyl sites for hydroxylation is 1. The van der Waals surface area contributed by atoms with Crippen molar-refractivity contribution in [3.05, 3.63) is 42.5 Å². The van der Waals surface area contributed by atoms with Gasteiger partial charge in [0, 0.05) is 25.1 Å². The first-order valence-electron chi connectivity index (χ1n) is 6.62. The van der Waals surface area contributed by atoms with Gasteiger partial charge in [-0.1, -0.05) is 0 Å². The molecule has 0 aromatic carbocycles. The average molecular weight is 300 g/mol. The fourth-order valence-electron chi connectivity index (χ4n) is 2.09. The molecule has 0 fully saturated rings. The molecule has 3 aromatic heterocycles. The summed E-state index contributed by atoms with van der Waals surface area (Å²) >= 11 is 1.38. The molecule has 0 spiro atoms. The first-order valence-corrected chi connectivity index (χ1v) is 7.40. The Bertz CT molecular complexity index is 718. The van der Waals surface area contributed by atoms with Crippen LogP contribution in [-0.2, 0) is 6.54 Å². The van der Waals surface area contributed by atoms with Crippen LogP contribution in [0.4, 0.5) is 10.8 Å². The molecule has 0 radical (unpaired) electrons. The highest BCUT2D eigenvalue weighted by atomic mass is 32.1. The molecule has 0 saturated carbocycles. The molecule has 3 rings (SSSR count). The number of rotatable bonds is 5. The summed E-state index contributed by atoms with van der Waals surface area (Å²) in [5, 5.41) is 8.62. The predicted octanol–water partition coefficient (Wildman–Crippen LogP) is 2.40.